The largest absolute Gasteiger partial charge is 0.463 e. The molecule has 0 aromatic rings. The van der Waals surface area contributed by atoms with E-state index in [0.29, 0.717) is 6.61 Å². The molecule has 0 aromatic carbocycles. The van der Waals surface area contributed by atoms with E-state index in [-0.39, 0.29) is 6.61 Å². The number of carbonyl (C=O) groups is 1. The lowest BCUT2D eigenvalue weighted by atomic mass is 10.3. The van der Waals surface area contributed by atoms with Gasteiger partial charge in [0.25, 0.3) is 0 Å². The van der Waals surface area contributed by atoms with Gasteiger partial charge in [0.1, 0.15) is 12.7 Å². The Kier molecular flexibility index (Phi) is 7.70. The molecule has 0 aliphatic carbocycles. The van der Waals surface area contributed by atoms with Gasteiger partial charge in [-0.1, -0.05) is 48.1 Å². The Morgan fingerprint density at radius 1 is 1.40 bits per heavy atom. The molecule has 0 spiro atoms. The molecule has 0 aliphatic heterocycles. The molecule has 0 N–H and O–H groups in total. The van der Waals surface area contributed by atoms with E-state index >= 15 is 0 Å². The van der Waals surface area contributed by atoms with Crippen LogP contribution in [-0.2, 0) is 14.3 Å². The number of unbranched alkanes of at least 4 members (excludes halogenated alkanes) is 1. The SMILES string of the molecule is CCCCOC(COC(C)=O)C(Cl)(Cl)Cl. The first-order valence-electron chi connectivity index (χ1n) is 4.69. The van der Waals surface area contributed by atoms with Gasteiger partial charge in [0.05, 0.1) is 0 Å². The lowest BCUT2D eigenvalue weighted by molar-refractivity contribution is -0.145. The second-order valence-corrected chi connectivity index (χ2v) is 5.43. The predicted octanol–water partition coefficient (Wildman–Crippen LogP) is 3.11. The van der Waals surface area contributed by atoms with Gasteiger partial charge in [-0.3, -0.25) is 4.79 Å². The fraction of sp³-hybridized carbons (Fsp3) is 0.889. The van der Waals surface area contributed by atoms with Crippen LogP contribution < -0.4 is 0 Å². The summed E-state index contributed by atoms with van der Waals surface area (Å²) in [5, 5.41) is 0. The fourth-order valence-electron chi connectivity index (χ4n) is 0.800. The first-order chi connectivity index (χ1) is 6.88. The van der Waals surface area contributed by atoms with Crippen molar-refractivity contribution in [2.45, 2.75) is 36.6 Å². The zero-order valence-electron chi connectivity index (χ0n) is 8.76. The molecule has 0 heterocycles. The van der Waals surface area contributed by atoms with Crippen molar-refractivity contribution in [3.05, 3.63) is 0 Å². The van der Waals surface area contributed by atoms with Crippen LogP contribution in [0.4, 0.5) is 0 Å². The molecule has 1 atom stereocenters. The van der Waals surface area contributed by atoms with Crippen LogP contribution in [0.1, 0.15) is 26.7 Å². The third-order valence-corrected chi connectivity index (χ3v) is 2.35. The van der Waals surface area contributed by atoms with Crippen LogP contribution in [0.15, 0.2) is 0 Å². The molecule has 6 heteroatoms. The highest BCUT2D eigenvalue weighted by molar-refractivity contribution is 6.68. The van der Waals surface area contributed by atoms with Crippen LogP contribution in [-0.4, -0.2) is 29.1 Å². The molecule has 0 bridgehead atoms. The molecule has 90 valence electrons. The smallest absolute Gasteiger partial charge is 0.302 e. The van der Waals surface area contributed by atoms with E-state index in [2.05, 4.69) is 0 Å². The third-order valence-electron chi connectivity index (χ3n) is 1.62. The third kappa shape index (κ3) is 8.14. The number of hydrogen-bond donors (Lipinski definition) is 0. The molecule has 0 rings (SSSR count). The lowest BCUT2D eigenvalue weighted by Crippen LogP contribution is -2.34. The molecule has 0 saturated heterocycles. The summed E-state index contributed by atoms with van der Waals surface area (Å²) < 4.78 is 8.49. The van der Waals surface area contributed by atoms with Gasteiger partial charge < -0.3 is 9.47 Å². The van der Waals surface area contributed by atoms with Gasteiger partial charge in [-0.25, -0.2) is 0 Å². The van der Waals surface area contributed by atoms with Crippen LogP contribution >= 0.6 is 34.8 Å². The highest BCUT2D eigenvalue weighted by atomic mass is 35.6. The summed E-state index contributed by atoms with van der Waals surface area (Å²) in [6.07, 6.45) is 1.13. The van der Waals surface area contributed by atoms with Gasteiger partial charge in [0, 0.05) is 13.5 Å². The van der Waals surface area contributed by atoms with Crippen molar-refractivity contribution in [3.8, 4) is 0 Å². The van der Waals surface area contributed by atoms with Gasteiger partial charge in [0.15, 0.2) is 0 Å². The predicted molar refractivity (Wildman–Crippen MR) is 61.6 cm³/mol. The average molecular weight is 278 g/mol. The van der Waals surface area contributed by atoms with Gasteiger partial charge in [0.2, 0.25) is 3.79 Å². The van der Waals surface area contributed by atoms with Crippen molar-refractivity contribution in [1.82, 2.24) is 0 Å². The van der Waals surface area contributed by atoms with Gasteiger partial charge in [-0.15, -0.1) is 0 Å². The van der Waals surface area contributed by atoms with Gasteiger partial charge in [-0.05, 0) is 6.42 Å². The minimum Gasteiger partial charge on any atom is -0.463 e. The molecule has 0 fully saturated rings. The second kappa shape index (κ2) is 7.55. The first kappa shape index (κ1) is 15.3. The monoisotopic (exact) mass is 276 g/mol. The second-order valence-electron chi connectivity index (χ2n) is 3.06. The molecular formula is C9H15Cl3O3. The molecule has 0 aliphatic rings. The van der Waals surface area contributed by atoms with Crippen LogP contribution in [0.5, 0.6) is 0 Å². The molecule has 0 saturated carbocycles. The standard InChI is InChI=1S/C9H15Cl3O3/c1-3-4-5-14-8(9(10,11)12)6-15-7(2)13/h8H,3-6H2,1-2H3. The van der Waals surface area contributed by atoms with Gasteiger partial charge in [-0.2, -0.15) is 0 Å². The minimum absolute atomic E-state index is 0.0461. The Hall–Kier alpha value is 0.300. The van der Waals surface area contributed by atoms with E-state index in [1.165, 1.54) is 6.92 Å². The van der Waals surface area contributed by atoms with E-state index in [1.54, 1.807) is 0 Å². The van der Waals surface area contributed by atoms with E-state index in [4.69, 9.17) is 44.3 Å². The molecule has 3 nitrogen and oxygen atoms in total. The molecule has 1 unspecified atom stereocenters. The number of esters is 1. The summed E-state index contributed by atoms with van der Waals surface area (Å²) in [5.74, 6) is -0.423. The maximum atomic E-state index is 10.6. The zero-order chi connectivity index (χ0) is 11.9. The summed E-state index contributed by atoms with van der Waals surface area (Å²) in [4.78, 5) is 10.6. The summed E-state index contributed by atoms with van der Waals surface area (Å²) in [7, 11) is 0. The van der Waals surface area contributed by atoms with Crippen LogP contribution in [0.3, 0.4) is 0 Å². The number of alkyl halides is 3. The van der Waals surface area contributed by atoms with E-state index < -0.39 is 15.9 Å². The van der Waals surface area contributed by atoms with Crippen LogP contribution in [0.25, 0.3) is 0 Å². The Bertz CT molecular complexity index is 192. The Labute approximate surface area is 105 Å². The van der Waals surface area contributed by atoms with Crippen molar-refractivity contribution in [2.75, 3.05) is 13.2 Å². The summed E-state index contributed by atoms with van der Waals surface area (Å²) in [6.45, 7) is 3.76. The summed E-state index contributed by atoms with van der Waals surface area (Å²) >= 11 is 17.0. The van der Waals surface area contributed by atoms with Crippen LogP contribution in [0, 0.1) is 0 Å². The number of ether oxygens (including phenoxy) is 2. The van der Waals surface area contributed by atoms with Crippen molar-refractivity contribution in [2.24, 2.45) is 0 Å². The maximum Gasteiger partial charge on any atom is 0.302 e. The first-order valence-corrected chi connectivity index (χ1v) is 5.83. The molecule has 0 radical (unpaired) electrons. The van der Waals surface area contributed by atoms with Crippen LogP contribution in [0.2, 0.25) is 0 Å². The molecular weight excluding hydrogens is 262 g/mol. The number of rotatable bonds is 6. The normalized spacial score (nSPS) is 13.7. The number of carbonyl (C=O) groups excluding carboxylic acids is 1. The minimum atomic E-state index is -1.58. The lowest BCUT2D eigenvalue weighted by Gasteiger charge is -2.24. The van der Waals surface area contributed by atoms with Crippen molar-refractivity contribution >= 4 is 40.8 Å². The molecule has 0 aromatic heterocycles. The molecule has 0 amide bonds. The van der Waals surface area contributed by atoms with E-state index in [9.17, 15) is 4.79 Å². The summed E-state index contributed by atoms with van der Waals surface area (Å²) in [5.41, 5.74) is 0. The number of hydrogen-bond acceptors (Lipinski definition) is 3. The maximum absolute atomic E-state index is 10.6. The van der Waals surface area contributed by atoms with E-state index in [0.717, 1.165) is 12.8 Å². The Morgan fingerprint density at radius 2 is 2.00 bits per heavy atom. The van der Waals surface area contributed by atoms with E-state index in [1.807, 2.05) is 6.92 Å². The van der Waals surface area contributed by atoms with Crippen molar-refractivity contribution in [1.29, 1.82) is 0 Å². The highest BCUT2D eigenvalue weighted by Crippen LogP contribution is 2.32. The quantitative estimate of drug-likeness (QED) is 0.425. The molecule has 15 heavy (non-hydrogen) atoms. The highest BCUT2D eigenvalue weighted by Gasteiger charge is 2.34. The van der Waals surface area contributed by atoms with Crippen molar-refractivity contribution in [3.63, 3.8) is 0 Å². The zero-order valence-corrected chi connectivity index (χ0v) is 11.0. The topological polar surface area (TPSA) is 35.5 Å². The Balaban J connectivity index is 4.02. The fourth-order valence-corrected chi connectivity index (χ4v) is 1.18. The Morgan fingerprint density at radius 3 is 2.40 bits per heavy atom. The van der Waals surface area contributed by atoms with Crippen molar-refractivity contribution < 1.29 is 14.3 Å². The van der Waals surface area contributed by atoms with Gasteiger partial charge >= 0.3 is 5.97 Å². The number of halogens is 3. The average Bonchev–Trinajstić information content (AvgIpc) is 2.08. The summed E-state index contributed by atoms with van der Waals surface area (Å²) in [6, 6.07) is 0.